The summed E-state index contributed by atoms with van der Waals surface area (Å²) in [5, 5.41) is 2.78. The van der Waals surface area contributed by atoms with Gasteiger partial charge in [-0.05, 0) is 47.1 Å². The molecule has 0 saturated carbocycles. The summed E-state index contributed by atoms with van der Waals surface area (Å²) in [6.45, 7) is 2.32. The highest BCUT2D eigenvalue weighted by atomic mass is 79.9. The molecule has 0 radical (unpaired) electrons. The van der Waals surface area contributed by atoms with Crippen molar-refractivity contribution in [2.75, 3.05) is 0 Å². The van der Waals surface area contributed by atoms with Gasteiger partial charge in [0.2, 0.25) is 0 Å². The molecule has 0 aliphatic heterocycles. The van der Waals surface area contributed by atoms with E-state index in [4.69, 9.17) is 0 Å². The van der Waals surface area contributed by atoms with Crippen LogP contribution in [0.3, 0.4) is 0 Å². The number of aryl methyl sites for hydroxylation is 1. The summed E-state index contributed by atoms with van der Waals surface area (Å²) in [5.41, 5.74) is 2.15. The Bertz CT molecular complexity index is 572. The first-order chi connectivity index (χ1) is 8.65. The van der Waals surface area contributed by atoms with Gasteiger partial charge in [0, 0.05) is 5.69 Å². The van der Waals surface area contributed by atoms with E-state index in [1.807, 2.05) is 25.1 Å². The van der Waals surface area contributed by atoms with Gasteiger partial charge in [-0.15, -0.1) is 0 Å². The Balaban J connectivity index is 2.00. The lowest BCUT2D eigenvalue weighted by Gasteiger charge is -2.05. The molecule has 0 spiro atoms. The van der Waals surface area contributed by atoms with E-state index in [2.05, 4.69) is 31.2 Å². The number of carbonyl (C=O) groups excluding carboxylic acids is 1. The summed E-state index contributed by atoms with van der Waals surface area (Å²) in [4.78, 5) is 20.2. The van der Waals surface area contributed by atoms with Crippen LogP contribution in [0.25, 0.3) is 0 Å². The van der Waals surface area contributed by atoms with Crippen LogP contribution in [0.1, 0.15) is 21.9 Å². The van der Waals surface area contributed by atoms with Crippen molar-refractivity contribution in [2.45, 2.75) is 13.5 Å². The molecule has 1 amide bonds. The van der Waals surface area contributed by atoms with Crippen molar-refractivity contribution in [3.8, 4) is 0 Å². The van der Waals surface area contributed by atoms with Gasteiger partial charge < -0.3 is 5.32 Å². The number of amides is 1. The Morgan fingerprint density at radius 3 is 2.72 bits per heavy atom. The monoisotopic (exact) mass is 305 g/mol. The maximum absolute atomic E-state index is 11.8. The fourth-order valence-corrected chi connectivity index (χ4v) is 1.84. The first-order valence-corrected chi connectivity index (χ1v) is 6.28. The molecule has 1 N–H and O–H groups in total. The highest BCUT2D eigenvalue weighted by Crippen LogP contribution is 2.06. The molecule has 0 atom stereocenters. The van der Waals surface area contributed by atoms with E-state index in [0.717, 1.165) is 11.4 Å². The van der Waals surface area contributed by atoms with Gasteiger partial charge in [-0.1, -0.05) is 12.1 Å². The zero-order valence-electron chi connectivity index (χ0n) is 9.85. The number of nitrogens with one attached hydrogen (secondary N) is 1. The quantitative estimate of drug-likeness (QED) is 0.886. The molecule has 0 unspecified atom stereocenters. The Morgan fingerprint density at radius 1 is 1.22 bits per heavy atom. The molecular formula is C13H12BrN3O. The molecule has 2 aromatic rings. The summed E-state index contributed by atoms with van der Waals surface area (Å²) < 4.78 is 0.642. The molecule has 2 heterocycles. The number of hydrogen-bond acceptors (Lipinski definition) is 3. The van der Waals surface area contributed by atoms with E-state index in [0.29, 0.717) is 16.8 Å². The second kappa shape index (κ2) is 5.73. The van der Waals surface area contributed by atoms with E-state index in [9.17, 15) is 4.79 Å². The zero-order valence-corrected chi connectivity index (χ0v) is 11.4. The SMILES string of the molecule is Cc1cccc(CNC(=O)c2cccc(Br)n2)n1. The van der Waals surface area contributed by atoms with E-state index in [-0.39, 0.29) is 5.91 Å². The van der Waals surface area contributed by atoms with Gasteiger partial charge in [0.15, 0.2) is 0 Å². The van der Waals surface area contributed by atoms with Crippen LogP contribution in [0.2, 0.25) is 0 Å². The minimum Gasteiger partial charge on any atom is -0.345 e. The number of rotatable bonds is 3. The van der Waals surface area contributed by atoms with Crippen LogP contribution < -0.4 is 5.32 Å². The number of halogens is 1. The molecular weight excluding hydrogens is 294 g/mol. The maximum Gasteiger partial charge on any atom is 0.270 e. The van der Waals surface area contributed by atoms with E-state index < -0.39 is 0 Å². The van der Waals surface area contributed by atoms with E-state index in [1.165, 1.54) is 0 Å². The van der Waals surface area contributed by atoms with Crippen molar-refractivity contribution < 1.29 is 4.79 Å². The second-order valence-electron chi connectivity index (χ2n) is 3.80. The third-order valence-corrected chi connectivity index (χ3v) is 2.77. The van der Waals surface area contributed by atoms with Crippen molar-refractivity contribution in [1.29, 1.82) is 0 Å². The molecule has 0 saturated heterocycles. The van der Waals surface area contributed by atoms with Crippen LogP contribution >= 0.6 is 15.9 Å². The number of pyridine rings is 2. The molecule has 0 aliphatic rings. The van der Waals surface area contributed by atoms with Crippen LogP contribution in [0.4, 0.5) is 0 Å². The standard InChI is InChI=1S/C13H12BrN3O/c1-9-4-2-5-10(16-9)8-15-13(18)11-6-3-7-12(14)17-11/h2-7H,8H2,1H3,(H,15,18). The fourth-order valence-electron chi connectivity index (χ4n) is 1.49. The van der Waals surface area contributed by atoms with Gasteiger partial charge in [-0.25, -0.2) is 4.98 Å². The minimum atomic E-state index is -0.209. The van der Waals surface area contributed by atoms with Crippen LogP contribution in [-0.2, 0) is 6.54 Å². The predicted molar refractivity (Wildman–Crippen MR) is 72.1 cm³/mol. The largest absolute Gasteiger partial charge is 0.345 e. The first-order valence-electron chi connectivity index (χ1n) is 5.48. The normalized spacial score (nSPS) is 10.1. The van der Waals surface area contributed by atoms with Crippen molar-refractivity contribution >= 4 is 21.8 Å². The Kier molecular flexibility index (Phi) is 4.04. The molecule has 18 heavy (non-hydrogen) atoms. The minimum absolute atomic E-state index is 0.209. The third-order valence-electron chi connectivity index (χ3n) is 2.32. The van der Waals surface area contributed by atoms with Crippen molar-refractivity contribution in [1.82, 2.24) is 15.3 Å². The van der Waals surface area contributed by atoms with Crippen molar-refractivity contribution in [3.63, 3.8) is 0 Å². The Morgan fingerprint density at radius 2 is 2.00 bits per heavy atom. The van der Waals surface area contributed by atoms with E-state index in [1.54, 1.807) is 18.2 Å². The zero-order chi connectivity index (χ0) is 13.0. The van der Waals surface area contributed by atoms with Crippen molar-refractivity contribution in [2.24, 2.45) is 0 Å². The van der Waals surface area contributed by atoms with Gasteiger partial charge in [0.25, 0.3) is 5.91 Å². The molecule has 0 bridgehead atoms. The number of aromatic nitrogens is 2. The average molecular weight is 306 g/mol. The van der Waals surface area contributed by atoms with Gasteiger partial charge in [0.05, 0.1) is 12.2 Å². The van der Waals surface area contributed by atoms with Crippen LogP contribution in [0, 0.1) is 6.92 Å². The number of nitrogens with zero attached hydrogens (tertiary/aromatic N) is 2. The van der Waals surface area contributed by atoms with E-state index >= 15 is 0 Å². The summed E-state index contributed by atoms with van der Waals surface area (Å²) in [7, 11) is 0. The molecule has 4 nitrogen and oxygen atoms in total. The van der Waals surface area contributed by atoms with Gasteiger partial charge in [0.1, 0.15) is 10.3 Å². The molecule has 0 fully saturated rings. The smallest absolute Gasteiger partial charge is 0.270 e. The average Bonchev–Trinajstić information content (AvgIpc) is 2.36. The van der Waals surface area contributed by atoms with Crippen LogP contribution in [0.15, 0.2) is 41.0 Å². The van der Waals surface area contributed by atoms with Gasteiger partial charge >= 0.3 is 0 Å². The summed E-state index contributed by atoms with van der Waals surface area (Å²) in [6.07, 6.45) is 0. The van der Waals surface area contributed by atoms with Gasteiger partial charge in [-0.3, -0.25) is 9.78 Å². The lowest BCUT2D eigenvalue weighted by atomic mass is 10.3. The van der Waals surface area contributed by atoms with Crippen molar-refractivity contribution in [3.05, 3.63) is 58.1 Å². The molecule has 0 aromatic carbocycles. The highest BCUT2D eigenvalue weighted by molar-refractivity contribution is 9.10. The topological polar surface area (TPSA) is 54.9 Å². The second-order valence-corrected chi connectivity index (χ2v) is 4.61. The molecule has 92 valence electrons. The Labute approximate surface area is 114 Å². The summed E-state index contributed by atoms with van der Waals surface area (Å²) in [5.74, 6) is -0.209. The number of hydrogen-bond donors (Lipinski definition) is 1. The Hall–Kier alpha value is -1.75. The highest BCUT2D eigenvalue weighted by Gasteiger charge is 2.07. The van der Waals surface area contributed by atoms with Crippen LogP contribution in [-0.4, -0.2) is 15.9 Å². The first kappa shape index (κ1) is 12.7. The van der Waals surface area contributed by atoms with Crippen LogP contribution in [0.5, 0.6) is 0 Å². The molecule has 2 rings (SSSR count). The fraction of sp³-hybridized carbons (Fsp3) is 0.154. The lowest BCUT2D eigenvalue weighted by molar-refractivity contribution is 0.0945. The molecule has 2 aromatic heterocycles. The maximum atomic E-state index is 11.8. The summed E-state index contributed by atoms with van der Waals surface area (Å²) in [6, 6.07) is 10.9. The molecule has 0 aliphatic carbocycles. The van der Waals surface area contributed by atoms with Gasteiger partial charge in [-0.2, -0.15) is 0 Å². The number of carbonyl (C=O) groups is 1. The lowest BCUT2D eigenvalue weighted by Crippen LogP contribution is -2.24. The third kappa shape index (κ3) is 3.37. The molecule has 5 heteroatoms. The summed E-state index contributed by atoms with van der Waals surface area (Å²) >= 11 is 3.23. The predicted octanol–water partition coefficient (Wildman–Crippen LogP) is 2.48.